The van der Waals surface area contributed by atoms with Gasteiger partial charge in [0.1, 0.15) is 11.2 Å². The quantitative estimate of drug-likeness (QED) is 0.178. The number of benzene rings is 9. The molecular weight excluding hydrogens is 769 g/mol. The van der Waals surface area contributed by atoms with Crippen molar-refractivity contribution in [3.8, 4) is 62.1 Å². The molecule has 1 spiro atoms. The standard InChI is InChI=1S/C58H34N4O/c1-3-16-35(17-4-1)55-59-56(36-18-5-2-6-19-36)61-57(60-55)44-25-15-24-42-45-34-37(30-33-51(45)63-54(42)44)62-50-29-14-10-22-40(50)41-31-32-49-52(53(41)62)43-23-9-13-28-48(43)58(49)46-26-11-7-20-38(46)39-21-8-12-27-47(39)58/h1-34H. The molecule has 5 heteroatoms. The van der Waals surface area contributed by atoms with Gasteiger partial charge in [0.25, 0.3) is 0 Å². The Kier molecular flexibility index (Phi) is 6.97. The van der Waals surface area contributed by atoms with Gasteiger partial charge in [-0.1, -0.05) is 176 Å². The van der Waals surface area contributed by atoms with E-state index in [9.17, 15) is 0 Å². The monoisotopic (exact) mass is 802 g/mol. The molecule has 63 heavy (non-hydrogen) atoms. The van der Waals surface area contributed by atoms with E-state index in [2.05, 4.69) is 144 Å². The minimum absolute atomic E-state index is 0.439. The third-order valence-electron chi connectivity index (χ3n) is 13.5. The molecule has 2 aliphatic carbocycles. The Morgan fingerprint density at radius 2 is 0.937 bits per heavy atom. The number of fused-ring (bicyclic) bond motifs is 17. The van der Waals surface area contributed by atoms with E-state index in [1.807, 2.05) is 66.7 Å². The Hall–Kier alpha value is -8.41. The number of hydrogen-bond donors (Lipinski definition) is 0. The molecule has 5 nitrogen and oxygen atoms in total. The molecule has 0 N–H and O–H groups in total. The Bertz CT molecular complexity index is 3760. The molecule has 0 atom stereocenters. The average molecular weight is 803 g/mol. The first-order valence-electron chi connectivity index (χ1n) is 21.4. The van der Waals surface area contributed by atoms with Crippen molar-refractivity contribution in [3.63, 3.8) is 0 Å². The number of rotatable bonds is 4. The smallest absolute Gasteiger partial charge is 0.167 e. The lowest BCUT2D eigenvalue weighted by Crippen LogP contribution is -2.25. The fraction of sp³-hybridized carbons (Fsp3) is 0.0172. The van der Waals surface area contributed by atoms with Crippen molar-refractivity contribution in [2.75, 3.05) is 0 Å². The fourth-order valence-corrected chi connectivity index (χ4v) is 10.9. The molecule has 0 saturated heterocycles. The summed E-state index contributed by atoms with van der Waals surface area (Å²) in [5, 5.41) is 4.48. The van der Waals surface area contributed by atoms with E-state index < -0.39 is 5.41 Å². The van der Waals surface area contributed by atoms with Crippen LogP contribution in [0.25, 0.3) is 106 Å². The van der Waals surface area contributed by atoms with Crippen molar-refractivity contribution >= 4 is 43.7 Å². The van der Waals surface area contributed by atoms with Gasteiger partial charge in [0.05, 0.1) is 22.0 Å². The van der Waals surface area contributed by atoms with Gasteiger partial charge in [-0.3, -0.25) is 0 Å². The molecule has 0 aliphatic heterocycles. The maximum Gasteiger partial charge on any atom is 0.167 e. The molecule has 12 aromatic rings. The Morgan fingerprint density at radius 1 is 0.381 bits per heavy atom. The first-order chi connectivity index (χ1) is 31.3. The van der Waals surface area contributed by atoms with E-state index in [1.165, 1.54) is 60.8 Å². The van der Waals surface area contributed by atoms with Gasteiger partial charge in [-0.25, -0.2) is 15.0 Å². The first-order valence-corrected chi connectivity index (χ1v) is 21.4. The minimum Gasteiger partial charge on any atom is -0.455 e. The van der Waals surface area contributed by atoms with Gasteiger partial charge in [0, 0.05) is 43.9 Å². The number of aromatic nitrogens is 4. The van der Waals surface area contributed by atoms with Crippen molar-refractivity contribution < 1.29 is 4.42 Å². The molecule has 0 unspecified atom stereocenters. The van der Waals surface area contributed by atoms with Gasteiger partial charge in [0.2, 0.25) is 0 Å². The third kappa shape index (κ3) is 4.63. The molecule has 0 fully saturated rings. The molecule has 9 aromatic carbocycles. The maximum absolute atomic E-state index is 6.82. The lowest BCUT2D eigenvalue weighted by atomic mass is 9.70. The molecule has 2 aliphatic rings. The highest BCUT2D eigenvalue weighted by Crippen LogP contribution is 2.64. The Balaban J connectivity index is 1.02. The molecular formula is C58H34N4O. The van der Waals surface area contributed by atoms with Gasteiger partial charge in [-0.15, -0.1) is 0 Å². The van der Waals surface area contributed by atoms with Crippen molar-refractivity contribution in [2.24, 2.45) is 0 Å². The van der Waals surface area contributed by atoms with Gasteiger partial charge in [-0.2, -0.15) is 0 Å². The normalized spacial score (nSPS) is 13.2. The topological polar surface area (TPSA) is 56.7 Å². The van der Waals surface area contributed by atoms with E-state index in [0.29, 0.717) is 17.5 Å². The SMILES string of the molecule is c1ccc(-c2nc(-c3ccccc3)nc(-c3cccc4c3oc3ccc(-n5c6ccccc6c6ccc7c(c65)-c5ccccc5C75c6ccccc6-c6ccccc65)cc34)n2)cc1. The van der Waals surface area contributed by atoms with Crippen LogP contribution in [-0.4, -0.2) is 19.5 Å². The molecule has 0 radical (unpaired) electrons. The second-order valence-electron chi connectivity index (χ2n) is 16.6. The maximum atomic E-state index is 6.82. The molecule has 0 amide bonds. The average Bonchev–Trinajstić information content (AvgIpc) is 4.08. The highest BCUT2D eigenvalue weighted by Gasteiger charge is 2.52. The lowest BCUT2D eigenvalue weighted by molar-refractivity contribution is 0.669. The molecule has 292 valence electrons. The zero-order chi connectivity index (χ0) is 41.2. The van der Waals surface area contributed by atoms with Gasteiger partial charge in [0.15, 0.2) is 17.5 Å². The zero-order valence-electron chi connectivity index (χ0n) is 33.8. The summed E-state index contributed by atoms with van der Waals surface area (Å²) >= 11 is 0. The minimum atomic E-state index is -0.439. The summed E-state index contributed by atoms with van der Waals surface area (Å²) < 4.78 is 9.30. The van der Waals surface area contributed by atoms with Crippen LogP contribution in [0, 0.1) is 0 Å². The van der Waals surface area contributed by atoms with Crippen LogP contribution in [0.5, 0.6) is 0 Å². The van der Waals surface area contributed by atoms with Crippen molar-refractivity contribution in [1.82, 2.24) is 19.5 Å². The summed E-state index contributed by atoms with van der Waals surface area (Å²) in [5.41, 5.74) is 17.7. The van der Waals surface area contributed by atoms with Gasteiger partial charge < -0.3 is 8.98 Å². The van der Waals surface area contributed by atoms with Crippen LogP contribution in [0.1, 0.15) is 22.3 Å². The van der Waals surface area contributed by atoms with Crippen molar-refractivity contribution in [3.05, 3.63) is 229 Å². The Morgan fingerprint density at radius 3 is 1.63 bits per heavy atom. The van der Waals surface area contributed by atoms with Crippen molar-refractivity contribution in [1.29, 1.82) is 0 Å². The summed E-state index contributed by atoms with van der Waals surface area (Å²) in [5.74, 6) is 1.79. The van der Waals surface area contributed by atoms with Crippen LogP contribution in [0.4, 0.5) is 0 Å². The highest BCUT2D eigenvalue weighted by atomic mass is 16.3. The molecule has 0 bridgehead atoms. The molecule has 3 heterocycles. The van der Waals surface area contributed by atoms with Crippen LogP contribution in [0.3, 0.4) is 0 Å². The van der Waals surface area contributed by atoms with Gasteiger partial charge >= 0.3 is 0 Å². The number of para-hydroxylation sites is 2. The van der Waals surface area contributed by atoms with E-state index in [0.717, 1.165) is 49.8 Å². The second kappa shape index (κ2) is 12.8. The summed E-state index contributed by atoms with van der Waals surface area (Å²) in [6.45, 7) is 0. The van der Waals surface area contributed by atoms with E-state index in [1.54, 1.807) is 0 Å². The fourth-order valence-electron chi connectivity index (χ4n) is 10.9. The van der Waals surface area contributed by atoms with E-state index in [4.69, 9.17) is 19.4 Å². The molecule has 0 saturated carbocycles. The number of nitrogens with zero attached hydrogens (tertiary/aromatic N) is 4. The zero-order valence-corrected chi connectivity index (χ0v) is 33.8. The summed E-state index contributed by atoms with van der Waals surface area (Å²) in [4.78, 5) is 15.1. The number of hydrogen-bond acceptors (Lipinski definition) is 4. The summed E-state index contributed by atoms with van der Waals surface area (Å²) in [6.07, 6.45) is 0. The highest BCUT2D eigenvalue weighted by molar-refractivity contribution is 6.17. The van der Waals surface area contributed by atoms with E-state index >= 15 is 0 Å². The second-order valence-corrected chi connectivity index (χ2v) is 16.6. The van der Waals surface area contributed by atoms with Crippen LogP contribution in [0.15, 0.2) is 211 Å². The van der Waals surface area contributed by atoms with E-state index in [-0.39, 0.29) is 0 Å². The Labute approximate surface area is 362 Å². The molecule has 14 rings (SSSR count). The van der Waals surface area contributed by atoms with Crippen LogP contribution >= 0.6 is 0 Å². The van der Waals surface area contributed by atoms with Crippen molar-refractivity contribution in [2.45, 2.75) is 5.41 Å². The van der Waals surface area contributed by atoms with Crippen LogP contribution in [-0.2, 0) is 5.41 Å². The predicted octanol–water partition coefficient (Wildman–Crippen LogP) is 14.2. The largest absolute Gasteiger partial charge is 0.455 e. The predicted molar refractivity (Wildman–Crippen MR) is 254 cm³/mol. The summed E-state index contributed by atoms with van der Waals surface area (Å²) in [7, 11) is 0. The third-order valence-corrected chi connectivity index (χ3v) is 13.5. The van der Waals surface area contributed by atoms with Crippen LogP contribution < -0.4 is 0 Å². The van der Waals surface area contributed by atoms with Gasteiger partial charge in [-0.05, 0) is 69.3 Å². The summed E-state index contributed by atoms with van der Waals surface area (Å²) in [6, 6.07) is 73.7. The lowest BCUT2D eigenvalue weighted by Gasteiger charge is -2.30. The van der Waals surface area contributed by atoms with Crippen LogP contribution in [0.2, 0.25) is 0 Å². The molecule has 3 aromatic heterocycles. The number of furan rings is 1. The first kappa shape index (κ1) is 34.3.